The molecule has 11 heavy (non-hydrogen) atoms. The predicted octanol–water partition coefficient (Wildman–Crippen LogP) is 2.19. The summed E-state index contributed by atoms with van der Waals surface area (Å²) in [5.41, 5.74) is 0.511. The minimum Gasteiger partial charge on any atom is -0.393 e. The molecule has 1 nitrogen and oxygen atoms in total. The van der Waals surface area contributed by atoms with Crippen LogP contribution < -0.4 is 0 Å². The van der Waals surface area contributed by atoms with E-state index in [-0.39, 0.29) is 6.10 Å². The van der Waals surface area contributed by atoms with Gasteiger partial charge in [0.15, 0.2) is 0 Å². The highest BCUT2D eigenvalue weighted by Gasteiger charge is 2.45. The minimum absolute atomic E-state index is 0.0294. The van der Waals surface area contributed by atoms with Gasteiger partial charge in [-0.25, -0.2) is 0 Å². The molecule has 0 aromatic heterocycles. The van der Waals surface area contributed by atoms with E-state index in [0.29, 0.717) is 11.3 Å². The third-order valence-electron chi connectivity index (χ3n) is 3.54. The maximum atomic E-state index is 9.63. The van der Waals surface area contributed by atoms with Crippen molar-refractivity contribution in [2.75, 3.05) is 0 Å². The molecular formula is C10H18O. The summed E-state index contributed by atoms with van der Waals surface area (Å²) in [7, 11) is 0. The highest BCUT2D eigenvalue weighted by atomic mass is 16.3. The summed E-state index contributed by atoms with van der Waals surface area (Å²) < 4.78 is 0. The number of fused-ring (bicyclic) bond motifs is 1. The number of hydrogen-bond acceptors (Lipinski definition) is 1. The zero-order valence-corrected chi connectivity index (χ0v) is 7.51. The Hall–Kier alpha value is -0.0400. The SMILES string of the molecule is CC1(C)C[C@H]2CCC(O)[C@H]2C1. The van der Waals surface area contributed by atoms with Crippen molar-refractivity contribution in [1.82, 2.24) is 0 Å². The molecule has 0 radical (unpaired) electrons. The molecular weight excluding hydrogens is 136 g/mol. The molecule has 0 aromatic carbocycles. The van der Waals surface area contributed by atoms with Crippen LogP contribution in [0, 0.1) is 17.3 Å². The quantitative estimate of drug-likeness (QED) is 0.567. The van der Waals surface area contributed by atoms with Gasteiger partial charge < -0.3 is 5.11 Å². The largest absolute Gasteiger partial charge is 0.393 e. The number of hydrogen-bond donors (Lipinski definition) is 1. The molecule has 2 fully saturated rings. The average molecular weight is 154 g/mol. The molecule has 3 atom stereocenters. The Morgan fingerprint density at radius 2 is 1.91 bits per heavy atom. The fourth-order valence-electron chi connectivity index (χ4n) is 3.11. The Balaban J connectivity index is 2.10. The summed E-state index contributed by atoms with van der Waals surface area (Å²) in [5, 5.41) is 9.63. The van der Waals surface area contributed by atoms with Crippen LogP contribution in [0.5, 0.6) is 0 Å². The van der Waals surface area contributed by atoms with E-state index >= 15 is 0 Å². The first-order valence-electron chi connectivity index (χ1n) is 4.76. The van der Waals surface area contributed by atoms with Gasteiger partial charge in [0, 0.05) is 0 Å². The zero-order chi connectivity index (χ0) is 8.06. The van der Waals surface area contributed by atoms with Gasteiger partial charge in [0.05, 0.1) is 6.10 Å². The van der Waals surface area contributed by atoms with Gasteiger partial charge in [0.1, 0.15) is 0 Å². The fourth-order valence-corrected chi connectivity index (χ4v) is 3.11. The Bertz CT molecular complexity index is 162. The van der Waals surface area contributed by atoms with Crippen LogP contribution in [0.15, 0.2) is 0 Å². The molecule has 0 aliphatic heterocycles. The average Bonchev–Trinajstić information content (AvgIpc) is 2.31. The van der Waals surface area contributed by atoms with Crippen molar-refractivity contribution in [2.45, 2.75) is 45.6 Å². The summed E-state index contributed by atoms with van der Waals surface area (Å²) in [6.45, 7) is 4.66. The summed E-state index contributed by atoms with van der Waals surface area (Å²) >= 11 is 0. The van der Waals surface area contributed by atoms with Gasteiger partial charge in [0.2, 0.25) is 0 Å². The van der Waals surface area contributed by atoms with Crippen molar-refractivity contribution >= 4 is 0 Å². The molecule has 0 spiro atoms. The molecule has 2 saturated carbocycles. The first kappa shape index (κ1) is 7.60. The van der Waals surface area contributed by atoms with Gasteiger partial charge in [-0.1, -0.05) is 13.8 Å². The second-order valence-corrected chi connectivity index (χ2v) is 5.14. The number of aliphatic hydroxyl groups excluding tert-OH is 1. The van der Waals surface area contributed by atoms with Gasteiger partial charge in [-0.05, 0) is 42.9 Å². The first-order valence-corrected chi connectivity index (χ1v) is 4.76. The lowest BCUT2D eigenvalue weighted by molar-refractivity contribution is 0.119. The molecule has 1 N–H and O–H groups in total. The van der Waals surface area contributed by atoms with Crippen LogP contribution in [-0.4, -0.2) is 11.2 Å². The molecule has 64 valence electrons. The van der Waals surface area contributed by atoms with Gasteiger partial charge in [0.25, 0.3) is 0 Å². The van der Waals surface area contributed by atoms with E-state index in [1.807, 2.05) is 0 Å². The Morgan fingerprint density at radius 1 is 1.18 bits per heavy atom. The lowest BCUT2D eigenvalue weighted by Crippen LogP contribution is -2.15. The van der Waals surface area contributed by atoms with Crippen molar-refractivity contribution in [1.29, 1.82) is 0 Å². The van der Waals surface area contributed by atoms with Crippen LogP contribution >= 0.6 is 0 Å². The maximum Gasteiger partial charge on any atom is 0.0571 e. The Kier molecular flexibility index (Phi) is 1.54. The molecule has 0 bridgehead atoms. The second-order valence-electron chi connectivity index (χ2n) is 5.14. The lowest BCUT2D eigenvalue weighted by Gasteiger charge is -2.18. The molecule has 0 amide bonds. The standard InChI is InChI=1S/C10H18O/c1-10(2)5-7-3-4-9(11)8(7)6-10/h7-9,11H,3-6H2,1-2H3/t7-,8+,9?/m1/s1. The summed E-state index contributed by atoms with van der Waals surface area (Å²) in [6.07, 6.45) is 4.95. The maximum absolute atomic E-state index is 9.63. The van der Waals surface area contributed by atoms with E-state index in [9.17, 15) is 5.11 Å². The number of aliphatic hydroxyl groups is 1. The summed E-state index contributed by atoms with van der Waals surface area (Å²) in [6, 6.07) is 0. The highest BCUT2D eigenvalue weighted by Crippen LogP contribution is 2.52. The van der Waals surface area contributed by atoms with E-state index in [1.165, 1.54) is 19.3 Å². The van der Waals surface area contributed by atoms with Crippen molar-refractivity contribution in [2.24, 2.45) is 17.3 Å². The summed E-state index contributed by atoms with van der Waals surface area (Å²) in [5.74, 6) is 1.49. The molecule has 0 aromatic rings. The number of rotatable bonds is 0. The van der Waals surface area contributed by atoms with E-state index in [4.69, 9.17) is 0 Å². The lowest BCUT2D eigenvalue weighted by atomic mass is 9.88. The highest BCUT2D eigenvalue weighted by molar-refractivity contribution is 4.96. The molecule has 0 saturated heterocycles. The smallest absolute Gasteiger partial charge is 0.0571 e. The summed E-state index contributed by atoms with van der Waals surface area (Å²) in [4.78, 5) is 0. The van der Waals surface area contributed by atoms with Gasteiger partial charge in [-0.2, -0.15) is 0 Å². The van der Waals surface area contributed by atoms with Gasteiger partial charge in [-0.15, -0.1) is 0 Å². The van der Waals surface area contributed by atoms with Crippen LogP contribution in [0.2, 0.25) is 0 Å². The molecule has 2 rings (SSSR count). The monoisotopic (exact) mass is 154 g/mol. The molecule has 0 heterocycles. The van der Waals surface area contributed by atoms with Crippen molar-refractivity contribution in [3.05, 3.63) is 0 Å². The first-order chi connectivity index (χ1) is 5.08. The third kappa shape index (κ3) is 1.20. The molecule has 2 aliphatic rings. The van der Waals surface area contributed by atoms with Crippen LogP contribution in [0.25, 0.3) is 0 Å². The van der Waals surface area contributed by atoms with E-state index in [2.05, 4.69) is 13.8 Å². The molecule has 1 heteroatoms. The fraction of sp³-hybridized carbons (Fsp3) is 1.00. The van der Waals surface area contributed by atoms with Crippen molar-refractivity contribution in [3.63, 3.8) is 0 Å². The van der Waals surface area contributed by atoms with Crippen LogP contribution in [-0.2, 0) is 0 Å². The topological polar surface area (TPSA) is 20.2 Å². The second kappa shape index (κ2) is 2.22. The van der Waals surface area contributed by atoms with Crippen molar-refractivity contribution in [3.8, 4) is 0 Å². The van der Waals surface area contributed by atoms with E-state index in [0.717, 1.165) is 12.3 Å². The van der Waals surface area contributed by atoms with Gasteiger partial charge >= 0.3 is 0 Å². The zero-order valence-electron chi connectivity index (χ0n) is 7.51. The van der Waals surface area contributed by atoms with Crippen LogP contribution in [0.3, 0.4) is 0 Å². The molecule has 2 aliphatic carbocycles. The van der Waals surface area contributed by atoms with Crippen LogP contribution in [0.1, 0.15) is 39.5 Å². The van der Waals surface area contributed by atoms with Crippen LogP contribution in [0.4, 0.5) is 0 Å². The Morgan fingerprint density at radius 3 is 2.55 bits per heavy atom. The Labute approximate surface area is 68.8 Å². The molecule has 1 unspecified atom stereocenters. The third-order valence-corrected chi connectivity index (χ3v) is 3.54. The van der Waals surface area contributed by atoms with E-state index in [1.54, 1.807) is 0 Å². The predicted molar refractivity (Wildman–Crippen MR) is 45.2 cm³/mol. The van der Waals surface area contributed by atoms with Gasteiger partial charge in [-0.3, -0.25) is 0 Å². The normalized spacial score (nSPS) is 47.7. The van der Waals surface area contributed by atoms with E-state index < -0.39 is 0 Å². The minimum atomic E-state index is 0.0294. The van der Waals surface area contributed by atoms with Crippen molar-refractivity contribution < 1.29 is 5.11 Å².